The molecule has 11 nitrogen and oxygen atoms in total. The molecule has 5 rings (SSSR count). The lowest BCUT2D eigenvalue weighted by Crippen LogP contribution is -2.52. The summed E-state index contributed by atoms with van der Waals surface area (Å²) in [5.41, 5.74) is 0.181. The Morgan fingerprint density at radius 3 is 2.14 bits per heavy atom. The number of halogens is 1. The van der Waals surface area contributed by atoms with Crippen LogP contribution in [-0.2, 0) is 9.59 Å². The van der Waals surface area contributed by atoms with Gasteiger partial charge in [-0.2, -0.15) is 5.01 Å². The number of carbonyl (C=O) groups excluding carboxylic acids is 5. The standard InChI is InChI=1S/C31H24ClN3O8/c1-18-3-2-4-25-27(18)30(39)34(29(25)38)33(28(37)20-5-11-22(32)12-6-20)17-26(36)19-9-15-24(16-10-19)43-31(40)21-7-13-23(14-8-21)35(41)42/h2-3,5-16,18,25,27H,4,17H2,1H3/t18-,25+,27+/m1/s1. The van der Waals surface area contributed by atoms with Crippen molar-refractivity contribution in [2.75, 3.05) is 6.54 Å². The molecule has 3 amide bonds. The highest BCUT2D eigenvalue weighted by atomic mass is 35.5. The third-order valence-electron chi connectivity index (χ3n) is 7.41. The number of amides is 3. The molecule has 1 heterocycles. The Kier molecular flexibility index (Phi) is 8.18. The number of esters is 1. The van der Waals surface area contributed by atoms with Gasteiger partial charge in [0, 0.05) is 28.3 Å². The van der Waals surface area contributed by atoms with E-state index >= 15 is 0 Å². The maximum Gasteiger partial charge on any atom is 0.343 e. The number of hydrazine groups is 1. The number of ether oxygens (including phenoxy) is 1. The van der Waals surface area contributed by atoms with E-state index in [-0.39, 0.29) is 34.0 Å². The summed E-state index contributed by atoms with van der Waals surface area (Å²) in [7, 11) is 0. The molecule has 3 atom stereocenters. The molecular formula is C31H24ClN3O8. The number of fused-ring (bicyclic) bond motifs is 1. The van der Waals surface area contributed by atoms with E-state index in [4.69, 9.17) is 16.3 Å². The molecule has 0 aromatic heterocycles. The average Bonchev–Trinajstić information content (AvgIpc) is 3.26. The van der Waals surface area contributed by atoms with Crippen LogP contribution in [0.1, 0.15) is 44.4 Å². The number of nitro groups is 1. The van der Waals surface area contributed by atoms with Crippen LogP contribution in [0.4, 0.5) is 5.69 Å². The number of benzene rings is 3. The van der Waals surface area contributed by atoms with Crippen molar-refractivity contribution in [3.8, 4) is 5.75 Å². The Morgan fingerprint density at radius 2 is 1.53 bits per heavy atom. The fourth-order valence-electron chi connectivity index (χ4n) is 5.17. The van der Waals surface area contributed by atoms with Gasteiger partial charge in [0.25, 0.3) is 23.4 Å². The molecule has 43 heavy (non-hydrogen) atoms. The van der Waals surface area contributed by atoms with E-state index in [0.29, 0.717) is 11.4 Å². The molecule has 3 aromatic rings. The number of nitro benzene ring substituents is 1. The molecule has 1 aliphatic heterocycles. The summed E-state index contributed by atoms with van der Waals surface area (Å²) in [5, 5.41) is 12.9. The van der Waals surface area contributed by atoms with Crippen molar-refractivity contribution in [2.45, 2.75) is 13.3 Å². The summed E-state index contributed by atoms with van der Waals surface area (Å²) in [5.74, 6) is -4.54. The molecule has 218 valence electrons. The van der Waals surface area contributed by atoms with Crippen molar-refractivity contribution in [1.29, 1.82) is 0 Å². The van der Waals surface area contributed by atoms with Gasteiger partial charge < -0.3 is 4.74 Å². The lowest BCUT2D eigenvalue weighted by atomic mass is 9.78. The van der Waals surface area contributed by atoms with E-state index in [1.807, 2.05) is 19.1 Å². The van der Waals surface area contributed by atoms with Gasteiger partial charge in [0.2, 0.25) is 0 Å². The molecule has 0 radical (unpaired) electrons. The number of nitrogens with zero attached hydrogens (tertiary/aromatic N) is 3. The molecule has 12 heteroatoms. The number of rotatable bonds is 8. The van der Waals surface area contributed by atoms with Crippen LogP contribution in [0.2, 0.25) is 5.02 Å². The second-order valence-corrected chi connectivity index (χ2v) is 10.6. The third kappa shape index (κ3) is 5.93. The normalized spacial score (nSPS) is 19.1. The van der Waals surface area contributed by atoms with E-state index in [2.05, 4.69) is 0 Å². The highest BCUT2D eigenvalue weighted by molar-refractivity contribution is 6.30. The Morgan fingerprint density at radius 1 is 0.930 bits per heavy atom. The first kappa shape index (κ1) is 29.3. The number of hydrogen-bond acceptors (Lipinski definition) is 8. The number of ketones is 1. The van der Waals surface area contributed by atoms with E-state index in [9.17, 15) is 34.1 Å². The van der Waals surface area contributed by atoms with Gasteiger partial charge in [-0.3, -0.25) is 29.3 Å². The maximum absolute atomic E-state index is 13.6. The Labute approximate surface area is 250 Å². The molecule has 1 saturated heterocycles. The topological polar surface area (TPSA) is 144 Å². The number of imide groups is 1. The van der Waals surface area contributed by atoms with Gasteiger partial charge in [0.1, 0.15) is 12.3 Å². The number of carbonyl (C=O) groups is 5. The minimum atomic E-state index is -0.759. The first-order valence-corrected chi connectivity index (χ1v) is 13.6. The van der Waals surface area contributed by atoms with E-state index in [1.165, 1.54) is 72.8 Å². The largest absolute Gasteiger partial charge is 0.423 e. The smallest absolute Gasteiger partial charge is 0.343 e. The van der Waals surface area contributed by atoms with Gasteiger partial charge in [-0.1, -0.05) is 30.7 Å². The quantitative estimate of drug-likeness (QED) is 0.0674. The van der Waals surface area contributed by atoms with Crippen molar-refractivity contribution in [3.05, 3.63) is 117 Å². The maximum atomic E-state index is 13.6. The molecule has 1 aliphatic carbocycles. The zero-order valence-electron chi connectivity index (χ0n) is 22.7. The van der Waals surface area contributed by atoms with Crippen LogP contribution < -0.4 is 4.74 Å². The minimum Gasteiger partial charge on any atom is -0.423 e. The van der Waals surface area contributed by atoms with Crippen LogP contribution in [0.15, 0.2) is 84.9 Å². The second-order valence-electron chi connectivity index (χ2n) is 10.2. The lowest BCUT2D eigenvalue weighted by Gasteiger charge is -2.30. The van der Waals surface area contributed by atoms with Crippen molar-refractivity contribution in [2.24, 2.45) is 17.8 Å². The molecule has 0 saturated carbocycles. The number of hydrogen-bond donors (Lipinski definition) is 0. The van der Waals surface area contributed by atoms with Crippen LogP contribution in [-0.4, -0.2) is 51.0 Å². The predicted octanol–water partition coefficient (Wildman–Crippen LogP) is 4.90. The second kappa shape index (κ2) is 12.0. The molecule has 0 N–H and O–H groups in total. The van der Waals surface area contributed by atoms with Gasteiger partial charge in [-0.25, -0.2) is 9.80 Å². The molecule has 0 unspecified atom stereocenters. The van der Waals surface area contributed by atoms with Crippen molar-refractivity contribution in [1.82, 2.24) is 10.0 Å². The zero-order valence-corrected chi connectivity index (χ0v) is 23.5. The SMILES string of the molecule is C[C@@H]1C=CC[C@@H]2C(=O)N(N(CC(=O)c3ccc(OC(=O)c4ccc([N+](=O)[O-])cc4)cc3)C(=O)c3ccc(Cl)cc3)C(=O)[C@@H]12. The highest BCUT2D eigenvalue weighted by Gasteiger charge is 2.53. The van der Waals surface area contributed by atoms with E-state index in [1.54, 1.807) is 0 Å². The summed E-state index contributed by atoms with van der Waals surface area (Å²) >= 11 is 5.97. The van der Waals surface area contributed by atoms with Crippen molar-refractivity contribution in [3.63, 3.8) is 0 Å². The Balaban J connectivity index is 1.35. The lowest BCUT2D eigenvalue weighted by molar-refractivity contribution is -0.384. The van der Waals surface area contributed by atoms with Gasteiger partial charge in [0.05, 0.1) is 22.3 Å². The van der Waals surface area contributed by atoms with E-state index < -0.39 is 52.8 Å². The fourth-order valence-corrected chi connectivity index (χ4v) is 5.29. The average molecular weight is 602 g/mol. The summed E-state index contributed by atoms with van der Waals surface area (Å²) in [4.78, 5) is 76.6. The molecule has 0 bridgehead atoms. The first-order chi connectivity index (χ1) is 20.5. The third-order valence-corrected chi connectivity index (χ3v) is 7.66. The molecule has 0 spiro atoms. The number of Topliss-reactive ketones (excluding diaryl/α,β-unsaturated/α-hetero) is 1. The van der Waals surface area contributed by atoms with Crippen LogP contribution in [0, 0.1) is 27.9 Å². The van der Waals surface area contributed by atoms with Gasteiger partial charge in [-0.05, 0) is 73.0 Å². The summed E-state index contributed by atoms with van der Waals surface area (Å²) < 4.78 is 5.30. The van der Waals surface area contributed by atoms with Crippen LogP contribution in [0.25, 0.3) is 0 Å². The summed E-state index contributed by atoms with van der Waals surface area (Å²) in [6.07, 6.45) is 4.06. The number of allylic oxidation sites excluding steroid dienone is 2. The van der Waals surface area contributed by atoms with Crippen molar-refractivity contribution < 1.29 is 33.6 Å². The van der Waals surface area contributed by atoms with Gasteiger partial charge >= 0.3 is 5.97 Å². The fraction of sp³-hybridized carbons (Fsp3) is 0.194. The van der Waals surface area contributed by atoms with Crippen LogP contribution in [0.3, 0.4) is 0 Å². The molecular weight excluding hydrogens is 578 g/mol. The van der Waals surface area contributed by atoms with E-state index in [0.717, 1.165) is 10.0 Å². The first-order valence-electron chi connectivity index (χ1n) is 13.3. The Bertz CT molecular complexity index is 1650. The van der Waals surface area contributed by atoms with Gasteiger partial charge in [-0.15, -0.1) is 0 Å². The zero-order chi connectivity index (χ0) is 30.8. The van der Waals surface area contributed by atoms with Crippen LogP contribution in [0.5, 0.6) is 5.75 Å². The monoisotopic (exact) mass is 601 g/mol. The molecule has 1 fully saturated rings. The summed E-state index contributed by atoms with van der Waals surface area (Å²) in [6, 6.07) is 16.3. The minimum absolute atomic E-state index is 0.0899. The molecule has 2 aliphatic rings. The van der Waals surface area contributed by atoms with Gasteiger partial charge in [0.15, 0.2) is 5.78 Å². The van der Waals surface area contributed by atoms with Crippen LogP contribution >= 0.6 is 11.6 Å². The Hall–Kier alpha value is -5.16. The number of non-ortho nitro benzene ring substituents is 1. The predicted molar refractivity (Wildman–Crippen MR) is 153 cm³/mol. The highest BCUT2D eigenvalue weighted by Crippen LogP contribution is 2.39. The summed E-state index contributed by atoms with van der Waals surface area (Å²) in [6.45, 7) is 1.22. The molecule has 3 aromatic carbocycles. The van der Waals surface area contributed by atoms with Crippen molar-refractivity contribution >= 4 is 46.8 Å².